The fourth-order valence-corrected chi connectivity index (χ4v) is 0.878. The highest BCUT2D eigenvalue weighted by atomic mass is 35.5. The minimum atomic E-state index is -0.0176. The van der Waals surface area contributed by atoms with Crippen LogP contribution in [0.3, 0.4) is 0 Å². The number of ether oxygens (including phenoxy) is 1. The number of rotatable bonds is 3. The fourth-order valence-electron chi connectivity index (χ4n) is 0.726. The number of pyridine rings is 1. The molecule has 1 rings (SSSR count). The first-order chi connectivity index (χ1) is 5.74. The monoisotopic (exact) mass is 187 g/mol. The molecule has 0 radical (unpaired) electrons. The molecule has 3 nitrogen and oxygen atoms in total. The highest BCUT2D eigenvalue weighted by Crippen LogP contribution is 2.25. The minimum absolute atomic E-state index is 0.0176. The van der Waals surface area contributed by atoms with Gasteiger partial charge < -0.3 is 9.84 Å². The Bertz CT molecular complexity index is 265. The van der Waals surface area contributed by atoms with Gasteiger partial charge in [0, 0.05) is 12.3 Å². The van der Waals surface area contributed by atoms with E-state index < -0.39 is 0 Å². The van der Waals surface area contributed by atoms with Crippen molar-refractivity contribution in [3.05, 3.63) is 17.3 Å². The molecule has 0 unspecified atom stereocenters. The molecule has 0 saturated carbocycles. The lowest BCUT2D eigenvalue weighted by Gasteiger charge is -2.04. The van der Waals surface area contributed by atoms with E-state index in [-0.39, 0.29) is 11.6 Å². The van der Waals surface area contributed by atoms with Gasteiger partial charge in [0.1, 0.15) is 0 Å². The fraction of sp³-hybridized carbons (Fsp3) is 0.375. The van der Waals surface area contributed by atoms with Crippen molar-refractivity contribution in [2.75, 3.05) is 6.61 Å². The largest absolute Gasteiger partial charge is 0.503 e. The zero-order chi connectivity index (χ0) is 8.97. The van der Waals surface area contributed by atoms with Gasteiger partial charge in [-0.25, -0.2) is 4.98 Å². The standard InChI is InChI=1S/C8H10ClNO2/c1-2-3-12-8-7(11)4-6(9)5-10-8/h4-5,11H,2-3H2,1H3. The summed E-state index contributed by atoms with van der Waals surface area (Å²) in [7, 11) is 0. The summed E-state index contributed by atoms with van der Waals surface area (Å²) in [6.07, 6.45) is 2.32. The van der Waals surface area contributed by atoms with Crippen LogP contribution in [0, 0.1) is 0 Å². The highest BCUT2D eigenvalue weighted by Gasteiger charge is 2.03. The quantitative estimate of drug-likeness (QED) is 0.789. The molecule has 0 amide bonds. The zero-order valence-corrected chi connectivity index (χ0v) is 7.51. The van der Waals surface area contributed by atoms with Crippen LogP contribution in [-0.2, 0) is 0 Å². The summed E-state index contributed by atoms with van der Waals surface area (Å²) in [5.41, 5.74) is 0. The third-order valence-corrected chi connectivity index (χ3v) is 1.45. The smallest absolute Gasteiger partial charge is 0.256 e. The third-order valence-electron chi connectivity index (χ3n) is 1.24. The van der Waals surface area contributed by atoms with Gasteiger partial charge in [-0.1, -0.05) is 18.5 Å². The van der Waals surface area contributed by atoms with Crippen molar-refractivity contribution >= 4 is 11.6 Å². The summed E-state index contributed by atoms with van der Waals surface area (Å²) >= 11 is 5.57. The van der Waals surface area contributed by atoms with Crippen molar-refractivity contribution in [2.24, 2.45) is 0 Å². The molecule has 1 heterocycles. The normalized spacial score (nSPS) is 9.83. The number of nitrogens with zero attached hydrogens (tertiary/aromatic N) is 1. The van der Waals surface area contributed by atoms with Crippen LogP contribution in [-0.4, -0.2) is 16.7 Å². The topological polar surface area (TPSA) is 42.4 Å². The van der Waals surface area contributed by atoms with E-state index in [0.29, 0.717) is 11.6 Å². The van der Waals surface area contributed by atoms with Crippen LogP contribution in [0.4, 0.5) is 0 Å². The van der Waals surface area contributed by atoms with Crippen molar-refractivity contribution in [3.8, 4) is 11.6 Å². The Morgan fingerprint density at radius 3 is 3.00 bits per heavy atom. The van der Waals surface area contributed by atoms with Crippen molar-refractivity contribution < 1.29 is 9.84 Å². The molecule has 0 spiro atoms. The first-order valence-corrected chi connectivity index (χ1v) is 4.09. The van der Waals surface area contributed by atoms with Crippen molar-refractivity contribution in [3.63, 3.8) is 0 Å². The SMILES string of the molecule is CCCOc1ncc(Cl)cc1O. The van der Waals surface area contributed by atoms with Crippen LogP contribution in [0.25, 0.3) is 0 Å². The number of halogens is 1. The molecule has 1 aromatic rings. The molecule has 1 N–H and O–H groups in total. The lowest BCUT2D eigenvalue weighted by atomic mass is 10.4. The Morgan fingerprint density at radius 1 is 1.67 bits per heavy atom. The second kappa shape index (κ2) is 4.16. The van der Waals surface area contributed by atoms with E-state index in [4.69, 9.17) is 16.3 Å². The Morgan fingerprint density at radius 2 is 2.42 bits per heavy atom. The molecule has 0 atom stereocenters. The maximum absolute atomic E-state index is 9.25. The predicted molar refractivity (Wildman–Crippen MR) is 46.7 cm³/mol. The molecule has 0 saturated heterocycles. The summed E-state index contributed by atoms with van der Waals surface area (Å²) in [5, 5.41) is 9.65. The average Bonchev–Trinajstić information content (AvgIpc) is 2.03. The summed E-state index contributed by atoms with van der Waals surface area (Å²) in [6, 6.07) is 1.40. The lowest BCUT2D eigenvalue weighted by molar-refractivity contribution is 0.287. The van der Waals surface area contributed by atoms with E-state index in [1.165, 1.54) is 12.3 Å². The van der Waals surface area contributed by atoms with Crippen LogP contribution < -0.4 is 4.74 Å². The van der Waals surface area contributed by atoms with Gasteiger partial charge in [0.2, 0.25) is 0 Å². The van der Waals surface area contributed by atoms with Gasteiger partial charge in [-0.05, 0) is 6.42 Å². The van der Waals surface area contributed by atoms with E-state index in [9.17, 15) is 5.11 Å². The van der Waals surface area contributed by atoms with Gasteiger partial charge in [0.05, 0.1) is 11.6 Å². The van der Waals surface area contributed by atoms with Crippen LogP contribution >= 0.6 is 11.6 Å². The van der Waals surface area contributed by atoms with Crippen LogP contribution in [0.2, 0.25) is 5.02 Å². The number of hydrogen-bond acceptors (Lipinski definition) is 3. The number of aromatic hydroxyl groups is 1. The summed E-state index contributed by atoms with van der Waals surface area (Å²) in [4.78, 5) is 3.81. The third kappa shape index (κ3) is 2.27. The summed E-state index contributed by atoms with van der Waals surface area (Å²) in [6.45, 7) is 2.52. The van der Waals surface area contributed by atoms with E-state index in [2.05, 4.69) is 4.98 Å². The number of hydrogen-bond donors (Lipinski definition) is 1. The Kier molecular flexibility index (Phi) is 3.17. The highest BCUT2D eigenvalue weighted by molar-refractivity contribution is 6.30. The van der Waals surface area contributed by atoms with Gasteiger partial charge in [0.15, 0.2) is 5.75 Å². The molecule has 0 aliphatic heterocycles. The summed E-state index contributed by atoms with van der Waals surface area (Å²) < 4.78 is 5.12. The van der Waals surface area contributed by atoms with Gasteiger partial charge in [-0.2, -0.15) is 0 Å². The molecule has 0 aromatic carbocycles. The predicted octanol–water partition coefficient (Wildman–Crippen LogP) is 2.23. The lowest BCUT2D eigenvalue weighted by Crippen LogP contribution is -1.97. The number of aromatic nitrogens is 1. The summed E-state index contributed by atoms with van der Waals surface area (Å²) in [5.74, 6) is 0.220. The molecule has 0 aliphatic rings. The van der Waals surface area contributed by atoms with Crippen LogP contribution in [0.1, 0.15) is 13.3 Å². The molecule has 0 aliphatic carbocycles. The molecule has 4 heteroatoms. The Balaban J connectivity index is 2.72. The molecular formula is C8H10ClNO2. The second-order valence-corrected chi connectivity index (χ2v) is 2.76. The van der Waals surface area contributed by atoms with Crippen LogP contribution in [0.5, 0.6) is 11.6 Å². The Hall–Kier alpha value is -0.960. The Labute approximate surface area is 76.0 Å². The van der Waals surface area contributed by atoms with E-state index in [1.807, 2.05) is 6.92 Å². The molecular weight excluding hydrogens is 178 g/mol. The van der Waals surface area contributed by atoms with Gasteiger partial charge >= 0.3 is 0 Å². The van der Waals surface area contributed by atoms with Crippen molar-refractivity contribution in [1.82, 2.24) is 4.98 Å². The molecule has 12 heavy (non-hydrogen) atoms. The van der Waals surface area contributed by atoms with Crippen molar-refractivity contribution in [1.29, 1.82) is 0 Å². The molecule has 1 aromatic heterocycles. The zero-order valence-electron chi connectivity index (χ0n) is 6.75. The second-order valence-electron chi connectivity index (χ2n) is 2.33. The van der Waals surface area contributed by atoms with Crippen molar-refractivity contribution in [2.45, 2.75) is 13.3 Å². The van der Waals surface area contributed by atoms with E-state index in [1.54, 1.807) is 0 Å². The molecule has 66 valence electrons. The maximum atomic E-state index is 9.25. The van der Waals surface area contributed by atoms with E-state index in [0.717, 1.165) is 6.42 Å². The van der Waals surface area contributed by atoms with E-state index >= 15 is 0 Å². The minimum Gasteiger partial charge on any atom is -0.503 e. The van der Waals surface area contributed by atoms with Gasteiger partial charge in [-0.15, -0.1) is 0 Å². The van der Waals surface area contributed by atoms with Gasteiger partial charge in [-0.3, -0.25) is 0 Å². The first-order valence-electron chi connectivity index (χ1n) is 3.71. The first kappa shape index (κ1) is 9.13. The maximum Gasteiger partial charge on any atom is 0.256 e. The van der Waals surface area contributed by atoms with Crippen LogP contribution in [0.15, 0.2) is 12.3 Å². The van der Waals surface area contributed by atoms with Gasteiger partial charge in [0.25, 0.3) is 5.88 Å². The molecule has 0 bridgehead atoms. The average molecular weight is 188 g/mol. The molecule has 0 fully saturated rings.